The third-order valence-electron chi connectivity index (χ3n) is 2.96. The summed E-state index contributed by atoms with van der Waals surface area (Å²) in [6, 6.07) is 2.08. The van der Waals surface area contributed by atoms with Gasteiger partial charge in [-0.25, -0.2) is 9.97 Å². The molecule has 1 fully saturated rings. The first kappa shape index (κ1) is 12.3. The number of anilines is 1. The average Bonchev–Trinajstić information content (AvgIpc) is 3.06. The molecule has 3 rings (SSSR count). The molecule has 3 nitrogen and oxygen atoms in total. The minimum absolute atomic E-state index is 0.648. The lowest BCUT2D eigenvalue weighted by Crippen LogP contribution is -2.07. The maximum absolute atomic E-state index is 4.77. The van der Waals surface area contributed by atoms with E-state index in [4.69, 9.17) is 4.98 Å². The van der Waals surface area contributed by atoms with Crippen LogP contribution in [-0.2, 0) is 0 Å². The topological polar surface area (TPSA) is 37.8 Å². The smallest absolute Gasteiger partial charge is 0.162 e. The van der Waals surface area contributed by atoms with Gasteiger partial charge in [0.15, 0.2) is 5.82 Å². The lowest BCUT2D eigenvalue weighted by Gasteiger charge is -2.11. The van der Waals surface area contributed by atoms with Crippen LogP contribution in [0.2, 0.25) is 0 Å². The first-order valence-electron chi connectivity index (χ1n) is 6.13. The molecule has 0 bridgehead atoms. The molecule has 0 aromatic carbocycles. The predicted molar refractivity (Wildman–Crippen MR) is 84.2 cm³/mol. The van der Waals surface area contributed by atoms with Gasteiger partial charge < -0.3 is 5.32 Å². The number of nitrogens with one attached hydrogen (secondary N) is 1. The van der Waals surface area contributed by atoms with Crippen molar-refractivity contribution >= 4 is 39.7 Å². The molecule has 0 spiro atoms. The fourth-order valence-electron chi connectivity index (χ4n) is 1.90. The molecule has 94 valence electrons. The van der Waals surface area contributed by atoms with Gasteiger partial charge in [-0.05, 0) is 53.8 Å². The van der Waals surface area contributed by atoms with E-state index in [1.807, 2.05) is 0 Å². The molecule has 0 unspecified atom stereocenters. The summed E-state index contributed by atoms with van der Waals surface area (Å²) in [5.41, 5.74) is 2.35. The highest BCUT2D eigenvalue weighted by Crippen LogP contribution is 2.43. The van der Waals surface area contributed by atoms with Crippen LogP contribution in [0.3, 0.4) is 0 Å². The number of halogens is 1. The van der Waals surface area contributed by atoms with Gasteiger partial charge in [0.05, 0.1) is 9.26 Å². The molecule has 2 heterocycles. The molecule has 1 N–H and O–H groups in total. The Bertz CT molecular complexity index is 550. The van der Waals surface area contributed by atoms with Crippen molar-refractivity contribution in [3.05, 3.63) is 26.1 Å². The van der Waals surface area contributed by atoms with Gasteiger partial charge in [-0.1, -0.05) is 0 Å². The Labute approximate surface area is 124 Å². The standard InChI is InChI=1S/C13H14IN3S/c1-2-15-13-10(14)11(8-3-4-8)16-12(17-13)9-5-6-18-7-9/h5-8H,2-4H2,1H3,(H,15,16,17). The highest BCUT2D eigenvalue weighted by molar-refractivity contribution is 14.1. The molecule has 1 saturated carbocycles. The Balaban J connectivity index is 2.09. The largest absolute Gasteiger partial charge is 0.369 e. The Kier molecular flexibility index (Phi) is 3.52. The molecule has 0 saturated heterocycles. The van der Waals surface area contributed by atoms with E-state index in [1.54, 1.807) is 11.3 Å². The van der Waals surface area contributed by atoms with Crippen LogP contribution in [0.4, 0.5) is 5.82 Å². The summed E-state index contributed by atoms with van der Waals surface area (Å²) >= 11 is 4.05. The van der Waals surface area contributed by atoms with Crippen LogP contribution < -0.4 is 5.32 Å². The number of hydrogen-bond acceptors (Lipinski definition) is 4. The first-order chi connectivity index (χ1) is 8.79. The van der Waals surface area contributed by atoms with Gasteiger partial charge in [0, 0.05) is 23.4 Å². The molecular formula is C13H14IN3S. The summed E-state index contributed by atoms with van der Waals surface area (Å²) in [7, 11) is 0. The van der Waals surface area contributed by atoms with Crippen LogP contribution in [0.15, 0.2) is 16.8 Å². The van der Waals surface area contributed by atoms with E-state index >= 15 is 0 Å². The van der Waals surface area contributed by atoms with Gasteiger partial charge in [-0.2, -0.15) is 11.3 Å². The fourth-order valence-corrected chi connectivity index (χ4v) is 3.40. The van der Waals surface area contributed by atoms with Crippen LogP contribution in [0.1, 0.15) is 31.4 Å². The maximum atomic E-state index is 4.77. The third-order valence-corrected chi connectivity index (χ3v) is 4.71. The molecule has 1 aliphatic carbocycles. The zero-order valence-electron chi connectivity index (χ0n) is 10.1. The number of aromatic nitrogens is 2. The van der Waals surface area contributed by atoms with Gasteiger partial charge in [-0.15, -0.1) is 0 Å². The molecule has 2 aromatic rings. The van der Waals surface area contributed by atoms with Crippen LogP contribution >= 0.6 is 33.9 Å². The van der Waals surface area contributed by atoms with E-state index in [0.29, 0.717) is 5.92 Å². The van der Waals surface area contributed by atoms with Crippen molar-refractivity contribution in [2.45, 2.75) is 25.7 Å². The minimum atomic E-state index is 0.648. The van der Waals surface area contributed by atoms with Gasteiger partial charge in [-0.3, -0.25) is 0 Å². The zero-order chi connectivity index (χ0) is 12.5. The summed E-state index contributed by atoms with van der Waals surface area (Å²) in [4.78, 5) is 9.42. The Morgan fingerprint density at radius 1 is 1.44 bits per heavy atom. The highest BCUT2D eigenvalue weighted by atomic mass is 127. The second-order valence-corrected chi connectivity index (χ2v) is 6.27. The molecule has 0 aliphatic heterocycles. The SMILES string of the molecule is CCNc1nc(-c2ccsc2)nc(C2CC2)c1I. The first-order valence-corrected chi connectivity index (χ1v) is 8.15. The third kappa shape index (κ3) is 2.38. The summed E-state index contributed by atoms with van der Waals surface area (Å²) in [5, 5.41) is 7.52. The van der Waals surface area contributed by atoms with Crippen LogP contribution in [0.25, 0.3) is 11.4 Å². The average molecular weight is 371 g/mol. The molecule has 2 aromatic heterocycles. The summed E-state index contributed by atoms with van der Waals surface area (Å²) < 4.78 is 1.19. The number of nitrogens with zero attached hydrogens (tertiary/aromatic N) is 2. The van der Waals surface area contributed by atoms with Crippen molar-refractivity contribution in [3.63, 3.8) is 0 Å². The molecule has 0 amide bonds. The monoisotopic (exact) mass is 371 g/mol. The molecule has 0 atom stereocenters. The van der Waals surface area contributed by atoms with Gasteiger partial charge in [0.2, 0.25) is 0 Å². The summed E-state index contributed by atoms with van der Waals surface area (Å²) in [6.45, 7) is 2.99. The molecule has 18 heavy (non-hydrogen) atoms. The Hall–Kier alpha value is -0.690. The van der Waals surface area contributed by atoms with Crippen LogP contribution in [0, 0.1) is 3.57 Å². The van der Waals surface area contributed by atoms with E-state index in [1.165, 1.54) is 22.1 Å². The van der Waals surface area contributed by atoms with Crippen molar-refractivity contribution in [3.8, 4) is 11.4 Å². The minimum Gasteiger partial charge on any atom is -0.369 e. The second-order valence-electron chi connectivity index (χ2n) is 4.41. The normalized spacial score (nSPS) is 14.8. The number of hydrogen-bond donors (Lipinski definition) is 1. The second kappa shape index (κ2) is 5.13. The van der Waals surface area contributed by atoms with E-state index < -0.39 is 0 Å². The summed E-state index contributed by atoms with van der Waals surface area (Å²) in [5.74, 6) is 2.49. The van der Waals surface area contributed by atoms with Crippen molar-refractivity contribution in [2.24, 2.45) is 0 Å². The molecule has 0 radical (unpaired) electrons. The summed E-state index contributed by atoms with van der Waals surface area (Å²) in [6.07, 6.45) is 2.53. The Morgan fingerprint density at radius 2 is 2.28 bits per heavy atom. The van der Waals surface area contributed by atoms with Crippen molar-refractivity contribution in [1.82, 2.24) is 9.97 Å². The Morgan fingerprint density at radius 3 is 2.89 bits per heavy atom. The van der Waals surface area contributed by atoms with Crippen LogP contribution in [-0.4, -0.2) is 16.5 Å². The maximum Gasteiger partial charge on any atom is 0.162 e. The lowest BCUT2D eigenvalue weighted by molar-refractivity contribution is 0.973. The van der Waals surface area contributed by atoms with E-state index in [9.17, 15) is 0 Å². The van der Waals surface area contributed by atoms with Crippen LogP contribution in [0.5, 0.6) is 0 Å². The molecule has 1 aliphatic rings. The van der Waals surface area contributed by atoms with Crippen molar-refractivity contribution < 1.29 is 0 Å². The quantitative estimate of drug-likeness (QED) is 0.822. The van der Waals surface area contributed by atoms with Gasteiger partial charge >= 0.3 is 0 Å². The van der Waals surface area contributed by atoms with Crippen molar-refractivity contribution in [2.75, 3.05) is 11.9 Å². The molecule has 5 heteroatoms. The molecular weight excluding hydrogens is 357 g/mol. The predicted octanol–water partition coefficient (Wildman–Crippen LogP) is 4.12. The van der Waals surface area contributed by atoms with Crippen molar-refractivity contribution in [1.29, 1.82) is 0 Å². The van der Waals surface area contributed by atoms with E-state index in [2.05, 4.69) is 56.6 Å². The fraction of sp³-hybridized carbons (Fsp3) is 0.385. The highest BCUT2D eigenvalue weighted by Gasteiger charge is 2.29. The van der Waals surface area contributed by atoms with Gasteiger partial charge in [0.25, 0.3) is 0 Å². The number of rotatable bonds is 4. The lowest BCUT2D eigenvalue weighted by atomic mass is 10.2. The van der Waals surface area contributed by atoms with Gasteiger partial charge in [0.1, 0.15) is 5.82 Å². The van der Waals surface area contributed by atoms with E-state index in [0.717, 1.165) is 23.8 Å². The van der Waals surface area contributed by atoms with E-state index in [-0.39, 0.29) is 0 Å². The number of thiophene rings is 1. The zero-order valence-corrected chi connectivity index (χ0v) is 13.1.